The van der Waals surface area contributed by atoms with Gasteiger partial charge in [0.15, 0.2) is 11.5 Å². The second kappa shape index (κ2) is 7.13. The minimum absolute atomic E-state index is 0.0254. The van der Waals surface area contributed by atoms with Crippen molar-refractivity contribution in [1.82, 2.24) is 9.80 Å². The van der Waals surface area contributed by atoms with Gasteiger partial charge in [0.1, 0.15) is 0 Å². The number of fused-ring (bicyclic) bond motifs is 1. The van der Waals surface area contributed by atoms with Crippen LogP contribution in [0.4, 0.5) is 5.69 Å². The summed E-state index contributed by atoms with van der Waals surface area (Å²) < 4.78 is 10.5. The molecule has 1 aliphatic rings. The van der Waals surface area contributed by atoms with Crippen LogP contribution in [0.3, 0.4) is 0 Å². The quantitative estimate of drug-likeness (QED) is 0.840. The van der Waals surface area contributed by atoms with Gasteiger partial charge in [-0.2, -0.15) is 0 Å². The Kier molecular flexibility index (Phi) is 5.21. The van der Waals surface area contributed by atoms with Crippen LogP contribution in [-0.4, -0.2) is 62.1 Å². The van der Waals surface area contributed by atoms with Crippen molar-refractivity contribution in [3.8, 4) is 11.5 Å². The molecule has 120 valence electrons. The second-order valence-electron chi connectivity index (χ2n) is 5.36. The molecule has 0 spiro atoms. The van der Waals surface area contributed by atoms with E-state index in [1.165, 1.54) is 11.8 Å². The molecule has 0 atom stereocenters. The number of amides is 2. The van der Waals surface area contributed by atoms with Crippen LogP contribution in [0, 0.1) is 0 Å². The van der Waals surface area contributed by atoms with E-state index in [2.05, 4.69) is 5.32 Å². The smallest absolute Gasteiger partial charge is 0.243 e. The average molecular weight is 307 g/mol. The highest BCUT2D eigenvalue weighted by Crippen LogP contribution is 2.34. The molecule has 1 aromatic carbocycles. The van der Waals surface area contributed by atoms with Crippen molar-refractivity contribution in [1.29, 1.82) is 0 Å². The van der Waals surface area contributed by atoms with Crippen LogP contribution in [-0.2, 0) is 9.59 Å². The zero-order valence-electron chi connectivity index (χ0n) is 13.1. The zero-order valence-corrected chi connectivity index (χ0v) is 13.1. The molecular weight excluding hydrogens is 286 g/mol. The molecule has 2 amide bonds. The van der Waals surface area contributed by atoms with Gasteiger partial charge in [-0.15, -0.1) is 0 Å². The van der Waals surface area contributed by atoms with Crippen molar-refractivity contribution in [2.24, 2.45) is 0 Å². The number of carbonyl (C=O) groups is 2. The molecule has 1 aromatic rings. The van der Waals surface area contributed by atoms with Gasteiger partial charge in [-0.25, -0.2) is 0 Å². The van der Waals surface area contributed by atoms with Crippen LogP contribution in [0.25, 0.3) is 0 Å². The summed E-state index contributed by atoms with van der Waals surface area (Å²) in [5.41, 5.74) is 0.616. The lowest BCUT2D eigenvalue weighted by Crippen LogP contribution is -2.40. The molecule has 0 aliphatic carbocycles. The van der Waals surface area contributed by atoms with Crippen molar-refractivity contribution < 1.29 is 19.1 Å². The Morgan fingerprint density at radius 2 is 1.91 bits per heavy atom. The third kappa shape index (κ3) is 4.36. The SMILES string of the molecule is CC(=O)N(CCN(C)C)CC(=O)Nc1ccc2c(c1)OCO2. The molecule has 2 rings (SSSR count). The predicted molar refractivity (Wildman–Crippen MR) is 82.0 cm³/mol. The molecule has 1 N–H and O–H groups in total. The van der Waals surface area contributed by atoms with E-state index in [4.69, 9.17) is 9.47 Å². The number of nitrogens with one attached hydrogen (secondary N) is 1. The molecule has 0 aromatic heterocycles. The van der Waals surface area contributed by atoms with Crippen molar-refractivity contribution in [2.75, 3.05) is 45.8 Å². The van der Waals surface area contributed by atoms with Gasteiger partial charge in [-0.1, -0.05) is 0 Å². The number of benzene rings is 1. The number of anilines is 1. The molecular formula is C15H21N3O4. The summed E-state index contributed by atoms with van der Waals surface area (Å²) in [6.45, 7) is 2.89. The maximum absolute atomic E-state index is 12.1. The molecule has 7 heteroatoms. The molecule has 0 unspecified atom stereocenters. The Labute approximate surface area is 129 Å². The second-order valence-corrected chi connectivity index (χ2v) is 5.36. The van der Waals surface area contributed by atoms with Crippen molar-refractivity contribution in [3.05, 3.63) is 18.2 Å². The van der Waals surface area contributed by atoms with Crippen molar-refractivity contribution in [3.63, 3.8) is 0 Å². The fourth-order valence-corrected chi connectivity index (χ4v) is 2.02. The van der Waals surface area contributed by atoms with Crippen LogP contribution < -0.4 is 14.8 Å². The molecule has 1 aliphatic heterocycles. The standard InChI is InChI=1S/C15H21N3O4/c1-11(19)18(7-6-17(2)3)9-15(20)16-12-4-5-13-14(8-12)22-10-21-13/h4-5,8H,6-7,9-10H2,1-3H3,(H,16,20). The van der Waals surface area contributed by atoms with Gasteiger partial charge in [0, 0.05) is 31.8 Å². The first kappa shape index (κ1) is 16.1. The Balaban J connectivity index is 1.91. The maximum atomic E-state index is 12.1. The number of hydrogen-bond acceptors (Lipinski definition) is 5. The molecule has 0 saturated carbocycles. The number of rotatable bonds is 6. The normalized spacial score (nSPS) is 12.4. The summed E-state index contributed by atoms with van der Waals surface area (Å²) in [6.07, 6.45) is 0. The Morgan fingerprint density at radius 3 is 2.59 bits per heavy atom. The maximum Gasteiger partial charge on any atom is 0.243 e. The largest absolute Gasteiger partial charge is 0.454 e. The predicted octanol–water partition coefficient (Wildman–Crippen LogP) is 0.764. The number of likely N-dealkylation sites (N-methyl/N-ethyl adjacent to an activating group) is 1. The lowest BCUT2D eigenvalue weighted by Gasteiger charge is -2.22. The topological polar surface area (TPSA) is 71.1 Å². The first-order valence-electron chi connectivity index (χ1n) is 7.05. The number of hydrogen-bond donors (Lipinski definition) is 1. The molecule has 0 radical (unpaired) electrons. The van der Waals surface area contributed by atoms with Crippen LogP contribution in [0.1, 0.15) is 6.92 Å². The van der Waals surface area contributed by atoms with Gasteiger partial charge >= 0.3 is 0 Å². The Hall–Kier alpha value is -2.28. The van der Waals surface area contributed by atoms with E-state index in [0.717, 1.165) is 0 Å². The van der Waals surface area contributed by atoms with Crippen LogP contribution in [0.2, 0.25) is 0 Å². The lowest BCUT2D eigenvalue weighted by atomic mass is 10.2. The van der Waals surface area contributed by atoms with Gasteiger partial charge in [0.05, 0.1) is 6.54 Å². The molecule has 1 heterocycles. The summed E-state index contributed by atoms with van der Waals surface area (Å²) in [5.74, 6) is 0.902. The molecule has 22 heavy (non-hydrogen) atoms. The van der Waals surface area contributed by atoms with Gasteiger partial charge in [0.25, 0.3) is 0 Å². The summed E-state index contributed by atoms with van der Waals surface area (Å²) in [6, 6.07) is 5.19. The molecule has 0 fully saturated rings. The van der Waals surface area contributed by atoms with Crippen LogP contribution >= 0.6 is 0 Å². The monoisotopic (exact) mass is 307 g/mol. The summed E-state index contributed by atoms with van der Waals surface area (Å²) in [4.78, 5) is 27.2. The Morgan fingerprint density at radius 1 is 1.18 bits per heavy atom. The summed E-state index contributed by atoms with van der Waals surface area (Å²) in [7, 11) is 3.84. The number of ether oxygens (including phenoxy) is 2. The van der Waals surface area contributed by atoms with E-state index >= 15 is 0 Å². The van der Waals surface area contributed by atoms with Crippen LogP contribution in [0.5, 0.6) is 11.5 Å². The number of nitrogens with zero attached hydrogens (tertiary/aromatic N) is 2. The number of carbonyl (C=O) groups excluding carboxylic acids is 2. The summed E-state index contributed by atoms with van der Waals surface area (Å²) in [5, 5.41) is 2.76. The summed E-state index contributed by atoms with van der Waals surface area (Å²) >= 11 is 0. The highest BCUT2D eigenvalue weighted by atomic mass is 16.7. The van der Waals surface area contributed by atoms with E-state index in [9.17, 15) is 9.59 Å². The first-order chi connectivity index (χ1) is 10.5. The minimum atomic E-state index is -0.243. The van der Waals surface area contributed by atoms with Crippen LogP contribution in [0.15, 0.2) is 18.2 Å². The fourth-order valence-electron chi connectivity index (χ4n) is 2.02. The highest BCUT2D eigenvalue weighted by Gasteiger charge is 2.16. The first-order valence-corrected chi connectivity index (χ1v) is 7.05. The third-order valence-corrected chi connectivity index (χ3v) is 3.25. The molecule has 0 bridgehead atoms. The lowest BCUT2D eigenvalue weighted by molar-refractivity contribution is -0.132. The van der Waals surface area contributed by atoms with E-state index in [1.54, 1.807) is 18.2 Å². The Bertz CT molecular complexity index is 560. The minimum Gasteiger partial charge on any atom is -0.454 e. The average Bonchev–Trinajstić information content (AvgIpc) is 2.90. The van der Waals surface area contributed by atoms with E-state index < -0.39 is 0 Å². The van der Waals surface area contributed by atoms with Gasteiger partial charge in [-0.05, 0) is 26.2 Å². The van der Waals surface area contributed by atoms with Gasteiger partial charge in [-0.3, -0.25) is 9.59 Å². The van der Waals surface area contributed by atoms with E-state index in [1.807, 2.05) is 19.0 Å². The van der Waals surface area contributed by atoms with Gasteiger partial charge in [0.2, 0.25) is 18.6 Å². The van der Waals surface area contributed by atoms with E-state index in [-0.39, 0.29) is 25.2 Å². The van der Waals surface area contributed by atoms with E-state index in [0.29, 0.717) is 30.3 Å². The van der Waals surface area contributed by atoms with Crippen molar-refractivity contribution in [2.45, 2.75) is 6.92 Å². The molecule has 7 nitrogen and oxygen atoms in total. The van der Waals surface area contributed by atoms with Crippen molar-refractivity contribution >= 4 is 17.5 Å². The highest BCUT2D eigenvalue weighted by molar-refractivity contribution is 5.94. The van der Waals surface area contributed by atoms with Gasteiger partial charge < -0.3 is 24.6 Å². The third-order valence-electron chi connectivity index (χ3n) is 3.25. The zero-order chi connectivity index (χ0) is 16.1. The fraction of sp³-hybridized carbons (Fsp3) is 0.467. The molecule has 0 saturated heterocycles.